The van der Waals surface area contributed by atoms with Gasteiger partial charge in [0.05, 0.1) is 20.6 Å². The lowest BCUT2D eigenvalue weighted by Gasteiger charge is -2.18. The second-order valence-corrected chi connectivity index (χ2v) is 9.13. The fourth-order valence-corrected chi connectivity index (χ4v) is 5.43. The number of carbonyl (C=O) groups excluding carboxylic acids is 1. The van der Waals surface area contributed by atoms with Crippen molar-refractivity contribution in [3.8, 4) is 0 Å². The molecule has 4 rings (SSSR count). The summed E-state index contributed by atoms with van der Waals surface area (Å²) < 4.78 is 27.2. The van der Waals surface area contributed by atoms with E-state index in [1.807, 2.05) is 18.2 Å². The summed E-state index contributed by atoms with van der Waals surface area (Å²) in [6.07, 6.45) is 0.565. The molecule has 5 nitrogen and oxygen atoms in total. The Hall–Kier alpha value is -2.28. The Kier molecular flexibility index (Phi) is 4.95. The van der Waals surface area contributed by atoms with Crippen LogP contribution in [0.25, 0.3) is 10.8 Å². The van der Waals surface area contributed by atoms with Gasteiger partial charge in [-0.05, 0) is 42.1 Å². The molecule has 0 aliphatic carbocycles. The zero-order valence-corrected chi connectivity index (χ0v) is 17.0. The normalized spacial score (nSPS) is 14.4. The molecule has 0 aromatic heterocycles. The summed E-state index contributed by atoms with van der Waals surface area (Å²) in [4.78, 5) is 12.5. The van der Waals surface area contributed by atoms with Crippen LogP contribution in [0.4, 0.5) is 11.4 Å². The summed E-state index contributed by atoms with van der Waals surface area (Å²) in [5.74, 6) is -0.217. The van der Waals surface area contributed by atoms with Gasteiger partial charge in [0.1, 0.15) is 0 Å². The molecule has 28 heavy (non-hydrogen) atoms. The molecule has 8 heteroatoms. The SMILES string of the molecule is O=C(CCCN1c2cccc3cccc(c23)S1(=O)=O)Nc1ccc(Cl)c(Cl)c1. The minimum absolute atomic E-state index is 0.179. The van der Waals surface area contributed by atoms with E-state index in [0.717, 1.165) is 10.8 Å². The van der Waals surface area contributed by atoms with E-state index in [-0.39, 0.29) is 18.9 Å². The Balaban J connectivity index is 1.45. The lowest BCUT2D eigenvalue weighted by Crippen LogP contribution is -2.28. The van der Waals surface area contributed by atoms with Crippen LogP contribution in [0.5, 0.6) is 0 Å². The van der Waals surface area contributed by atoms with E-state index in [2.05, 4.69) is 5.32 Å². The summed E-state index contributed by atoms with van der Waals surface area (Å²) in [7, 11) is -3.60. The predicted octanol–water partition coefficient (Wildman–Crippen LogP) is 5.07. The first kappa shape index (κ1) is 19.1. The topological polar surface area (TPSA) is 66.5 Å². The Labute approximate surface area is 172 Å². The van der Waals surface area contributed by atoms with Gasteiger partial charge in [-0.15, -0.1) is 0 Å². The maximum atomic E-state index is 12.9. The standard InChI is InChI=1S/C20H16Cl2N2O3S/c21-15-10-9-14(12-16(15)22)23-19(25)8-3-11-24-17-6-1-4-13-5-2-7-18(20(13)17)28(24,26)27/h1-2,4-7,9-10,12H,3,8,11H2,(H,23,25). The summed E-state index contributed by atoms with van der Waals surface area (Å²) in [5.41, 5.74) is 1.21. The van der Waals surface area contributed by atoms with Gasteiger partial charge in [0.15, 0.2) is 0 Å². The fraction of sp³-hybridized carbons (Fsp3) is 0.150. The number of amides is 1. The Morgan fingerprint density at radius 1 is 1.00 bits per heavy atom. The quantitative estimate of drug-likeness (QED) is 0.608. The van der Waals surface area contributed by atoms with Crippen LogP contribution < -0.4 is 9.62 Å². The minimum Gasteiger partial charge on any atom is -0.326 e. The molecule has 1 aliphatic rings. The molecule has 0 fully saturated rings. The number of anilines is 2. The second-order valence-electron chi connectivity index (χ2n) is 6.49. The summed E-state index contributed by atoms with van der Waals surface area (Å²) in [6, 6.07) is 15.6. The van der Waals surface area contributed by atoms with Gasteiger partial charge in [0, 0.05) is 24.0 Å². The van der Waals surface area contributed by atoms with Gasteiger partial charge in [-0.2, -0.15) is 0 Å². The molecule has 3 aromatic carbocycles. The first-order valence-corrected chi connectivity index (χ1v) is 10.9. The van der Waals surface area contributed by atoms with Crippen LogP contribution in [0, 0.1) is 0 Å². The molecule has 3 aromatic rings. The van der Waals surface area contributed by atoms with Gasteiger partial charge < -0.3 is 5.32 Å². The smallest absolute Gasteiger partial charge is 0.265 e. The number of hydrogen-bond acceptors (Lipinski definition) is 3. The van der Waals surface area contributed by atoms with Gasteiger partial charge in [-0.25, -0.2) is 8.42 Å². The highest BCUT2D eigenvalue weighted by atomic mass is 35.5. The molecule has 1 heterocycles. The molecule has 0 spiro atoms. The first-order chi connectivity index (χ1) is 13.4. The number of benzene rings is 3. The van der Waals surface area contributed by atoms with E-state index in [9.17, 15) is 13.2 Å². The second kappa shape index (κ2) is 7.28. The van der Waals surface area contributed by atoms with E-state index >= 15 is 0 Å². The van der Waals surface area contributed by atoms with Crippen molar-refractivity contribution in [1.82, 2.24) is 0 Å². The number of nitrogens with one attached hydrogen (secondary N) is 1. The average molecular weight is 435 g/mol. The van der Waals surface area contributed by atoms with Crippen LogP contribution in [0.1, 0.15) is 12.8 Å². The zero-order chi connectivity index (χ0) is 19.9. The summed E-state index contributed by atoms with van der Waals surface area (Å²) in [6.45, 7) is 0.227. The van der Waals surface area contributed by atoms with E-state index in [1.54, 1.807) is 36.4 Å². The van der Waals surface area contributed by atoms with Crippen LogP contribution in [0.15, 0.2) is 59.5 Å². The average Bonchev–Trinajstić information content (AvgIpc) is 2.88. The molecular weight excluding hydrogens is 419 g/mol. The number of rotatable bonds is 5. The van der Waals surface area contributed by atoms with Gasteiger partial charge in [0.2, 0.25) is 5.91 Å². The third-order valence-electron chi connectivity index (χ3n) is 4.65. The molecule has 144 valence electrons. The van der Waals surface area contributed by atoms with Crippen LogP contribution in [0.3, 0.4) is 0 Å². The molecule has 0 radical (unpaired) electrons. The lowest BCUT2D eigenvalue weighted by atomic mass is 10.1. The monoisotopic (exact) mass is 434 g/mol. The molecule has 0 saturated carbocycles. The van der Waals surface area contributed by atoms with Gasteiger partial charge in [-0.1, -0.05) is 47.5 Å². The van der Waals surface area contributed by atoms with Crippen LogP contribution >= 0.6 is 23.2 Å². The van der Waals surface area contributed by atoms with Crippen molar-refractivity contribution < 1.29 is 13.2 Å². The molecule has 0 bridgehead atoms. The highest BCUT2D eigenvalue weighted by molar-refractivity contribution is 7.93. The maximum Gasteiger partial charge on any atom is 0.265 e. The van der Waals surface area contributed by atoms with Gasteiger partial charge >= 0.3 is 0 Å². The first-order valence-electron chi connectivity index (χ1n) is 8.67. The largest absolute Gasteiger partial charge is 0.326 e. The van der Waals surface area contributed by atoms with Crippen LogP contribution in [-0.4, -0.2) is 20.9 Å². The van der Waals surface area contributed by atoms with Crippen LogP contribution in [-0.2, 0) is 14.8 Å². The van der Waals surface area contributed by atoms with Gasteiger partial charge in [0.25, 0.3) is 10.0 Å². The number of carbonyl (C=O) groups is 1. The predicted molar refractivity (Wildman–Crippen MR) is 113 cm³/mol. The third-order valence-corrected chi connectivity index (χ3v) is 7.24. The zero-order valence-electron chi connectivity index (χ0n) is 14.7. The highest BCUT2D eigenvalue weighted by Gasteiger charge is 2.34. The number of halogens is 2. The van der Waals surface area contributed by atoms with Crippen molar-refractivity contribution >= 4 is 61.3 Å². The highest BCUT2D eigenvalue weighted by Crippen LogP contribution is 2.42. The van der Waals surface area contributed by atoms with Crippen molar-refractivity contribution in [1.29, 1.82) is 0 Å². The Morgan fingerprint density at radius 3 is 2.50 bits per heavy atom. The summed E-state index contributed by atoms with van der Waals surface area (Å²) >= 11 is 11.8. The molecule has 0 atom stereocenters. The summed E-state index contributed by atoms with van der Waals surface area (Å²) in [5, 5.41) is 5.14. The molecule has 1 amide bonds. The van der Waals surface area contributed by atoms with E-state index in [4.69, 9.17) is 23.2 Å². The van der Waals surface area contributed by atoms with Crippen molar-refractivity contribution in [2.45, 2.75) is 17.7 Å². The molecule has 1 N–H and O–H groups in total. The van der Waals surface area contributed by atoms with E-state index in [0.29, 0.717) is 32.7 Å². The minimum atomic E-state index is -3.60. The van der Waals surface area contributed by atoms with Gasteiger partial charge in [-0.3, -0.25) is 9.10 Å². The molecule has 1 aliphatic heterocycles. The van der Waals surface area contributed by atoms with Crippen molar-refractivity contribution in [2.24, 2.45) is 0 Å². The maximum absolute atomic E-state index is 12.9. The molecular formula is C20H16Cl2N2O3S. The Morgan fingerprint density at radius 2 is 1.75 bits per heavy atom. The van der Waals surface area contributed by atoms with E-state index in [1.165, 1.54) is 4.31 Å². The number of nitrogens with zero attached hydrogens (tertiary/aromatic N) is 1. The van der Waals surface area contributed by atoms with Crippen LogP contribution in [0.2, 0.25) is 10.0 Å². The van der Waals surface area contributed by atoms with Crippen molar-refractivity contribution in [3.05, 3.63) is 64.6 Å². The molecule has 0 unspecified atom stereocenters. The lowest BCUT2D eigenvalue weighted by molar-refractivity contribution is -0.116. The van der Waals surface area contributed by atoms with Crippen molar-refractivity contribution in [2.75, 3.05) is 16.2 Å². The van der Waals surface area contributed by atoms with E-state index < -0.39 is 10.0 Å². The third kappa shape index (κ3) is 3.32. The Bertz CT molecular complexity index is 1190. The fourth-order valence-electron chi connectivity index (χ4n) is 3.38. The number of hydrogen-bond donors (Lipinski definition) is 1. The van der Waals surface area contributed by atoms with Crippen molar-refractivity contribution in [3.63, 3.8) is 0 Å². The molecule has 0 saturated heterocycles. The number of sulfonamides is 1.